The summed E-state index contributed by atoms with van der Waals surface area (Å²) in [5.74, 6) is -1.94. The van der Waals surface area contributed by atoms with Crippen molar-refractivity contribution in [3.05, 3.63) is 27.3 Å². The molecule has 1 aromatic carbocycles. The zero-order valence-corrected chi connectivity index (χ0v) is 12.9. The van der Waals surface area contributed by atoms with E-state index in [0.29, 0.717) is 3.57 Å². The molecule has 1 aliphatic rings. The maximum absolute atomic E-state index is 11.5. The van der Waals surface area contributed by atoms with Crippen molar-refractivity contribution in [3.8, 4) is 5.75 Å². The van der Waals surface area contributed by atoms with Crippen LogP contribution in [-0.2, 0) is 28.4 Å². The smallest absolute Gasteiger partial charge is 0.491 e. The van der Waals surface area contributed by atoms with Gasteiger partial charge >= 0.3 is 15.6 Å². The number of rotatable bonds is 3. The van der Waals surface area contributed by atoms with E-state index in [1.54, 1.807) is 0 Å². The minimum Gasteiger partial charge on any atom is -0.507 e. The van der Waals surface area contributed by atoms with Crippen molar-refractivity contribution < 1.29 is 37.4 Å². The summed E-state index contributed by atoms with van der Waals surface area (Å²) in [4.78, 5) is 17.0. The Hall–Kier alpha value is -0.0300. The van der Waals surface area contributed by atoms with Crippen LogP contribution in [0.25, 0.3) is 0 Å². The fourth-order valence-corrected chi connectivity index (χ4v) is 4.04. The highest BCUT2D eigenvalue weighted by atomic mass is 127. The number of phenols is 1. The number of hydrogen-bond acceptors (Lipinski definition) is 7. The highest BCUT2D eigenvalue weighted by Gasteiger charge is 2.59. The van der Waals surface area contributed by atoms with Crippen molar-refractivity contribution in [2.75, 3.05) is 0 Å². The molecule has 19 heavy (non-hydrogen) atoms. The average Bonchev–Trinajstić information content (AvgIpc) is 2.16. The summed E-state index contributed by atoms with van der Waals surface area (Å²) in [5, 5.41) is 9.34. The highest BCUT2D eigenvalue weighted by molar-refractivity contribution is 14.1. The SMILES string of the molecule is NC1(c2ccc(O)c(I)c2)OP(=O)(OP(=O)(O)O)O1. The van der Waals surface area contributed by atoms with Gasteiger partial charge in [0, 0.05) is 5.56 Å². The van der Waals surface area contributed by atoms with Crippen LogP contribution < -0.4 is 5.73 Å². The van der Waals surface area contributed by atoms with Crippen LogP contribution in [0.5, 0.6) is 5.75 Å². The van der Waals surface area contributed by atoms with E-state index < -0.39 is 21.6 Å². The lowest BCUT2D eigenvalue weighted by Crippen LogP contribution is -2.48. The molecule has 0 spiro atoms. The van der Waals surface area contributed by atoms with E-state index in [2.05, 4.69) is 13.4 Å². The third-order valence-electron chi connectivity index (χ3n) is 2.05. The number of aromatic hydroxyl groups is 1. The van der Waals surface area contributed by atoms with E-state index >= 15 is 0 Å². The van der Waals surface area contributed by atoms with Gasteiger partial charge in [-0.2, -0.15) is 4.31 Å². The molecule has 1 fully saturated rings. The summed E-state index contributed by atoms with van der Waals surface area (Å²) >= 11 is 1.82. The number of halogens is 1. The quantitative estimate of drug-likeness (QED) is 0.417. The summed E-state index contributed by atoms with van der Waals surface area (Å²) in [6.45, 7) is 0. The lowest BCUT2D eigenvalue weighted by Gasteiger charge is -2.41. The van der Waals surface area contributed by atoms with Gasteiger partial charge in [0.2, 0.25) is 0 Å². The number of hydrogen-bond donors (Lipinski definition) is 4. The van der Waals surface area contributed by atoms with Gasteiger partial charge in [-0.3, -0.25) is 5.73 Å². The number of phosphoric ester groups is 1. The maximum atomic E-state index is 11.5. The first kappa shape index (κ1) is 15.4. The lowest BCUT2D eigenvalue weighted by molar-refractivity contribution is -0.220. The third kappa shape index (κ3) is 3.35. The van der Waals surface area contributed by atoms with Crippen LogP contribution in [-0.4, -0.2) is 14.9 Å². The molecule has 106 valence electrons. The summed E-state index contributed by atoms with van der Waals surface area (Å²) in [7, 11) is -9.41. The molecular weight excluding hydrogens is 415 g/mol. The number of nitrogens with two attached hydrogens (primary N) is 1. The zero-order chi connectivity index (χ0) is 14.5. The molecule has 0 aliphatic carbocycles. The van der Waals surface area contributed by atoms with Gasteiger partial charge in [0.1, 0.15) is 5.75 Å². The van der Waals surface area contributed by atoms with Crippen molar-refractivity contribution in [3.63, 3.8) is 0 Å². The van der Waals surface area contributed by atoms with Crippen molar-refractivity contribution >= 4 is 38.2 Å². The molecule has 0 unspecified atom stereocenters. The van der Waals surface area contributed by atoms with Gasteiger partial charge in [-0.25, -0.2) is 18.2 Å². The Bertz CT molecular complexity index is 605. The predicted octanol–water partition coefficient (Wildman–Crippen LogP) is 1.33. The summed E-state index contributed by atoms with van der Waals surface area (Å²) in [6.07, 6.45) is 0. The summed E-state index contributed by atoms with van der Waals surface area (Å²) < 4.78 is 35.8. The normalized spacial score (nSPS) is 30.9. The van der Waals surface area contributed by atoms with Crippen molar-refractivity contribution in [2.24, 2.45) is 5.73 Å². The molecule has 1 aliphatic heterocycles. The number of phenolic OH excluding ortho intramolecular Hbond substituents is 1. The van der Waals surface area contributed by atoms with Crippen molar-refractivity contribution in [2.45, 2.75) is 5.91 Å². The van der Waals surface area contributed by atoms with Crippen LogP contribution in [0.1, 0.15) is 5.56 Å². The first-order valence-corrected chi connectivity index (χ1v) is 8.66. The lowest BCUT2D eigenvalue weighted by atomic mass is 10.1. The maximum Gasteiger partial charge on any atom is 0.491 e. The van der Waals surface area contributed by atoms with Gasteiger partial charge in [-0.15, -0.1) is 0 Å². The van der Waals surface area contributed by atoms with Crippen LogP contribution in [0.2, 0.25) is 0 Å². The molecule has 5 N–H and O–H groups in total. The van der Waals surface area contributed by atoms with Crippen LogP contribution in [0.3, 0.4) is 0 Å². The molecule has 0 bridgehead atoms. The number of benzene rings is 1. The molecule has 9 nitrogen and oxygen atoms in total. The molecule has 0 radical (unpaired) electrons. The predicted molar refractivity (Wildman–Crippen MR) is 69.6 cm³/mol. The Kier molecular flexibility index (Phi) is 3.85. The molecule has 1 heterocycles. The van der Waals surface area contributed by atoms with Gasteiger partial charge in [0.15, 0.2) is 0 Å². The molecule has 2 rings (SSSR count). The van der Waals surface area contributed by atoms with Crippen molar-refractivity contribution in [1.82, 2.24) is 0 Å². The Morgan fingerprint density at radius 3 is 2.47 bits per heavy atom. The fraction of sp³-hybridized carbons (Fsp3) is 0.143. The van der Waals surface area contributed by atoms with Gasteiger partial charge < -0.3 is 14.9 Å². The van der Waals surface area contributed by atoms with Crippen LogP contribution >= 0.6 is 38.2 Å². The third-order valence-corrected chi connectivity index (χ3v) is 5.56. The first-order valence-electron chi connectivity index (χ1n) is 4.59. The molecular formula is C7H8INO8P2. The first-order chi connectivity index (χ1) is 8.53. The second-order valence-corrected chi connectivity index (χ2v) is 7.59. The fourth-order valence-electron chi connectivity index (χ4n) is 1.33. The van der Waals surface area contributed by atoms with Gasteiger partial charge in [-0.1, -0.05) is 0 Å². The Labute approximate surface area is 120 Å². The molecule has 1 aromatic rings. The second kappa shape index (κ2) is 4.76. The van der Waals surface area contributed by atoms with E-state index in [9.17, 15) is 14.2 Å². The molecule has 0 atom stereocenters. The zero-order valence-electron chi connectivity index (χ0n) is 8.96. The van der Waals surface area contributed by atoms with E-state index in [-0.39, 0.29) is 11.3 Å². The molecule has 12 heteroatoms. The molecule has 0 saturated carbocycles. The van der Waals surface area contributed by atoms with Crippen LogP contribution in [0.15, 0.2) is 18.2 Å². The second-order valence-electron chi connectivity index (χ2n) is 3.54. The van der Waals surface area contributed by atoms with Crippen LogP contribution in [0.4, 0.5) is 0 Å². The van der Waals surface area contributed by atoms with Gasteiger partial charge in [0.05, 0.1) is 3.57 Å². The van der Waals surface area contributed by atoms with E-state index in [1.165, 1.54) is 18.2 Å². The van der Waals surface area contributed by atoms with E-state index in [4.69, 9.17) is 15.5 Å². The molecule has 0 aromatic heterocycles. The molecule has 0 amide bonds. The molecule has 1 saturated heterocycles. The number of phosphoric acid groups is 2. The standard InChI is InChI=1S/C7H8INO8P2/c8-5-3-4(1-2-6(5)10)7(9)15-19(14,16-7)17-18(11,12)13/h1-3,10H,9H2,(H2,11,12,13). The Morgan fingerprint density at radius 1 is 1.42 bits per heavy atom. The average molecular weight is 423 g/mol. The Balaban J connectivity index is 2.18. The Morgan fingerprint density at radius 2 is 2.00 bits per heavy atom. The van der Waals surface area contributed by atoms with Crippen molar-refractivity contribution in [1.29, 1.82) is 0 Å². The van der Waals surface area contributed by atoms with Crippen LogP contribution in [0, 0.1) is 3.57 Å². The summed E-state index contributed by atoms with van der Waals surface area (Å²) in [6, 6.07) is 4.06. The topological polar surface area (TPSA) is 149 Å². The van der Waals surface area contributed by atoms with Gasteiger partial charge in [0.25, 0.3) is 5.91 Å². The monoisotopic (exact) mass is 423 g/mol. The minimum atomic E-state index is -5.03. The highest BCUT2D eigenvalue weighted by Crippen LogP contribution is 2.72. The van der Waals surface area contributed by atoms with E-state index in [0.717, 1.165) is 0 Å². The largest absolute Gasteiger partial charge is 0.507 e. The van der Waals surface area contributed by atoms with Gasteiger partial charge in [-0.05, 0) is 40.8 Å². The summed E-state index contributed by atoms with van der Waals surface area (Å²) in [5.41, 5.74) is 5.81. The minimum absolute atomic E-state index is 0.00178. The van der Waals surface area contributed by atoms with E-state index in [1.807, 2.05) is 22.6 Å².